The predicted octanol–water partition coefficient (Wildman–Crippen LogP) is 3.73. The van der Waals surface area contributed by atoms with Crippen molar-refractivity contribution in [2.75, 3.05) is 5.32 Å². The van der Waals surface area contributed by atoms with E-state index in [1.54, 1.807) is 0 Å². The number of fused-ring (bicyclic) bond motifs is 1. The number of thiazole rings is 1. The first-order valence-electron chi connectivity index (χ1n) is 7.59. The van der Waals surface area contributed by atoms with Gasteiger partial charge in [0.05, 0.1) is 10.2 Å². The molecule has 1 amide bonds. The van der Waals surface area contributed by atoms with Crippen LogP contribution in [-0.4, -0.2) is 15.5 Å². The molecule has 2 heterocycles. The Labute approximate surface area is 150 Å². The molecule has 3 rings (SSSR count). The maximum Gasteiger partial charge on any atom is 0.421 e. The number of nitrogens with zero attached hydrogens (tertiary/aromatic N) is 2. The molecule has 0 unspecified atom stereocenters. The average molecular weight is 381 g/mol. The number of rotatable bonds is 3. The highest BCUT2D eigenvalue weighted by Crippen LogP contribution is 2.29. The van der Waals surface area contributed by atoms with Crippen LogP contribution in [0, 0.1) is 13.8 Å². The summed E-state index contributed by atoms with van der Waals surface area (Å²) in [5.41, 5.74) is 0.217. The molecule has 5 nitrogen and oxygen atoms in total. The highest BCUT2D eigenvalue weighted by Gasteiger charge is 2.34. The summed E-state index contributed by atoms with van der Waals surface area (Å²) in [5, 5.41) is 2.87. The first-order chi connectivity index (χ1) is 12.1. The molecule has 9 heteroatoms. The minimum Gasteiger partial charge on any atom is -0.306 e. The first kappa shape index (κ1) is 18.1. The largest absolute Gasteiger partial charge is 0.421 e. The highest BCUT2D eigenvalue weighted by atomic mass is 32.1. The normalized spacial score (nSPS) is 11.7. The van der Waals surface area contributed by atoms with E-state index in [2.05, 4.69) is 10.3 Å². The number of carbonyl (C=O) groups excluding carboxylic acids is 1. The van der Waals surface area contributed by atoms with E-state index in [4.69, 9.17) is 0 Å². The molecule has 2 aromatic heterocycles. The molecule has 26 heavy (non-hydrogen) atoms. The van der Waals surface area contributed by atoms with Gasteiger partial charge in [0.25, 0.3) is 5.56 Å². The fraction of sp³-hybridized carbons (Fsp3) is 0.235. The molecule has 3 aromatic rings. The summed E-state index contributed by atoms with van der Waals surface area (Å²) < 4.78 is 40.0. The van der Waals surface area contributed by atoms with Gasteiger partial charge in [-0.3, -0.25) is 9.59 Å². The van der Waals surface area contributed by atoms with E-state index in [1.807, 2.05) is 26.0 Å². The Kier molecular flexibility index (Phi) is 4.57. The third-order valence-corrected chi connectivity index (χ3v) is 4.63. The number of anilines is 1. The summed E-state index contributed by atoms with van der Waals surface area (Å²) in [4.78, 5) is 28.3. The van der Waals surface area contributed by atoms with E-state index in [-0.39, 0.29) is 0 Å². The number of nitrogens with one attached hydrogen (secondary N) is 1. The second-order valence-corrected chi connectivity index (χ2v) is 6.88. The lowest BCUT2D eigenvalue weighted by atomic mass is 10.1. The molecular formula is C17H14F3N3O2S. The van der Waals surface area contributed by atoms with Crippen LogP contribution in [0.3, 0.4) is 0 Å². The minimum absolute atomic E-state index is 0.332. The number of hydrogen-bond donors (Lipinski definition) is 1. The van der Waals surface area contributed by atoms with Gasteiger partial charge in [-0.1, -0.05) is 17.4 Å². The monoisotopic (exact) mass is 381 g/mol. The van der Waals surface area contributed by atoms with Gasteiger partial charge in [0.1, 0.15) is 12.1 Å². The van der Waals surface area contributed by atoms with Gasteiger partial charge in [-0.05, 0) is 43.2 Å². The van der Waals surface area contributed by atoms with Crippen molar-refractivity contribution in [2.24, 2.45) is 0 Å². The lowest BCUT2D eigenvalue weighted by Crippen LogP contribution is -2.31. The molecule has 136 valence electrons. The Hall–Kier alpha value is -2.68. The molecular weight excluding hydrogens is 367 g/mol. The number of aromatic nitrogens is 2. The smallest absolute Gasteiger partial charge is 0.306 e. The van der Waals surface area contributed by atoms with Crippen molar-refractivity contribution >= 4 is 32.6 Å². The van der Waals surface area contributed by atoms with E-state index in [0.29, 0.717) is 11.2 Å². The lowest BCUT2D eigenvalue weighted by molar-refractivity contribution is -0.139. The quantitative estimate of drug-likeness (QED) is 0.752. The van der Waals surface area contributed by atoms with Crippen molar-refractivity contribution < 1.29 is 18.0 Å². The van der Waals surface area contributed by atoms with Gasteiger partial charge in [-0.15, -0.1) is 0 Å². The van der Waals surface area contributed by atoms with Crippen LogP contribution >= 0.6 is 11.3 Å². The van der Waals surface area contributed by atoms with Crippen LogP contribution in [0.2, 0.25) is 0 Å². The van der Waals surface area contributed by atoms with E-state index in [9.17, 15) is 22.8 Å². The Morgan fingerprint density at radius 3 is 2.73 bits per heavy atom. The molecule has 0 atom stereocenters. The van der Waals surface area contributed by atoms with Crippen molar-refractivity contribution in [2.45, 2.75) is 26.6 Å². The molecule has 0 aliphatic carbocycles. The summed E-state index contributed by atoms with van der Waals surface area (Å²) in [6.45, 7) is 3.32. The zero-order valence-corrected chi connectivity index (χ0v) is 14.7. The fourth-order valence-electron chi connectivity index (χ4n) is 2.61. The molecule has 0 aliphatic rings. The SMILES string of the molecule is Cc1cc(C)c2nc(NC(=O)Cn3cccc(C(F)(F)F)c3=O)sc2c1. The number of halogens is 3. The molecule has 0 spiro atoms. The second kappa shape index (κ2) is 6.56. The van der Waals surface area contributed by atoms with Crippen molar-refractivity contribution in [3.8, 4) is 0 Å². The zero-order chi connectivity index (χ0) is 19.1. The van der Waals surface area contributed by atoms with Gasteiger partial charge in [-0.2, -0.15) is 13.2 Å². The molecule has 0 saturated carbocycles. The minimum atomic E-state index is -4.76. The van der Waals surface area contributed by atoms with Crippen LogP contribution in [0.5, 0.6) is 0 Å². The molecule has 0 bridgehead atoms. The van der Waals surface area contributed by atoms with Gasteiger partial charge in [-0.25, -0.2) is 4.98 Å². The summed E-state index contributed by atoms with van der Waals surface area (Å²) in [7, 11) is 0. The Morgan fingerprint density at radius 1 is 1.31 bits per heavy atom. The number of pyridine rings is 1. The Balaban J connectivity index is 1.82. The molecule has 1 aromatic carbocycles. The van der Waals surface area contributed by atoms with Crippen LogP contribution in [0.15, 0.2) is 35.3 Å². The van der Waals surface area contributed by atoms with Crippen molar-refractivity contribution in [1.82, 2.24) is 9.55 Å². The molecule has 0 fully saturated rings. The summed E-state index contributed by atoms with van der Waals surface area (Å²) in [6, 6.07) is 5.68. The zero-order valence-electron chi connectivity index (χ0n) is 13.8. The number of hydrogen-bond acceptors (Lipinski definition) is 4. The van der Waals surface area contributed by atoms with E-state index < -0.39 is 29.8 Å². The Bertz CT molecular complexity index is 1050. The molecule has 0 radical (unpaired) electrons. The number of amides is 1. The summed E-state index contributed by atoms with van der Waals surface area (Å²) in [5.74, 6) is -0.625. The van der Waals surface area contributed by atoms with Gasteiger partial charge in [0, 0.05) is 6.20 Å². The van der Waals surface area contributed by atoms with Gasteiger partial charge >= 0.3 is 6.18 Å². The van der Waals surface area contributed by atoms with Crippen LogP contribution in [0.25, 0.3) is 10.2 Å². The van der Waals surface area contributed by atoms with E-state index >= 15 is 0 Å². The van der Waals surface area contributed by atoms with Crippen molar-refractivity contribution in [3.63, 3.8) is 0 Å². The number of alkyl halides is 3. The topological polar surface area (TPSA) is 64.0 Å². The highest BCUT2D eigenvalue weighted by molar-refractivity contribution is 7.22. The van der Waals surface area contributed by atoms with Crippen LogP contribution < -0.4 is 10.9 Å². The van der Waals surface area contributed by atoms with Gasteiger partial charge < -0.3 is 9.88 Å². The standard InChI is InChI=1S/C17H14F3N3O2S/c1-9-6-10(2)14-12(7-9)26-16(22-14)21-13(24)8-23-5-3-4-11(15(23)25)17(18,19)20/h3-7H,8H2,1-2H3,(H,21,22,24). The maximum atomic E-state index is 12.8. The van der Waals surface area contributed by atoms with Gasteiger partial charge in [0.15, 0.2) is 5.13 Å². The van der Waals surface area contributed by atoms with Gasteiger partial charge in [0.2, 0.25) is 5.91 Å². The second-order valence-electron chi connectivity index (χ2n) is 5.85. The first-order valence-corrected chi connectivity index (χ1v) is 8.41. The Morgan fingerprint density at radius 2 is 2.04 bits per heavy atom. The number of aryl methyl sites for hydroxylation is 2. The molecule has 0 saturated heterocycles. The van der Waals surface area contributed by atoms with E-state index in [0.717, 1.165) is 38.2 Å². The summed E-state index contributed by atoms with van der Waals surface area (Å²) >= 11 is 1.27. The maximum absolute atomic E-state index is 12.8. The van der Waals surface area contributed by atoms with Crippen LogP contribution in [0.1, 0.15) is 16.7 Å². The van der Waals surface area contributed by atoms with E-state index in [1.165, 1.54) is 11.3 Å². The van der Waals surface area contributed by atoms with Crippen molar-refractivity contribution in [1.29, 1.82) is 0 Å². The number of benzene rings is 1. The summed E-state index contributed by atoms with van der Waals surface area (Å²) in [6.07, 6.45) is -3.62. The molecule has 0 aliphatic heterocycles. The fourth-order valence-corrected chi connectivity index (χ4v) is 3.67. The van der Waals surface area contributed by atoms with Crippen LogP contribution in [-0.2, 0) is 17.5 Å². The third kappa shape index (κ3) is 3.62. The lowest BCUT2D eigenvalue weighted by Gasteiger charge is -2.09. The molecule has 1 N–H and O–H groups in total. The number of carbonyl (C=O) groups is 1. The van der Waals surface area contributed by atoms with Crippen molar-refractivity contribution in [3.05, 3.63) is 57.5 Å². The van der Waals surface area contributed by atoms with Crippen LogP contribution in [0.4, 0.5) is 18.3 Å². The third-order valence-electron chi connectivity index (χ3n) is 3.72. The average Bonchev–Trinajstić information content (AvgIpc) is 2.90. The predicted molar refractivity (Wildman–Crippen MR) is 93.4 cm³/mol.